The normalized spacial score (nSPS) is 10.4. The van der Waals surface area contributed by atoms with Crippen molar-refractivity contribution >= 4 is 17.7 Å². The third kappa shape index (κ3) is 5.51. The number of carbonyl (C=O) groups excluding carboxylic acids is 1. The lowest BCUT2D eigenvalue weighted by Gasteiger charge is -2.05. The van der Waals surface area contributed by atoms with Gasteiger partial charge in [-0.15, -0.1) is 11.8 Å². The van der Waals surface area contributed by atoms with Gasteiger partial charge in [-0.2, -0.15) is 0 Å². The van der Waals surface area contributed by atoms with Crippen LogP contribution in [0.15, 0.2) is 39.8 Å². The van der Waals surface area contributed by atoms with E-state index in [-0.39, 0.29) is 12.5 Å². The van der Waals surface area contributed by atoms with Crippen LogP contribution in [0.4, 0.5) is 0 Å². The lowest BCUT2D eigenvalue weighted by Crippen LogP contribution is -2.30. The van der Waals surface area contributed by atoms with Crippen molar-refractivity contribution in [2.45, 2.75) is 18.7 Å². The Morgan fingerprint density at radius 2 is 2.10 bits per heavy atom. The van der Waals surface area contributed by atoms with Crippen molar-refractivity contribution in [3.05, 3.63) is 41.7 Å². The quantitative estimate of drug-likeness (QED) is 0.629. The Hall–Kier alpha value is -1.95. The highest BCUT2D eigenvalue weighted by Crippen LogP contribution is 2.17. The number of benzene rings is 1. The van der Waals surface area contributed by atoms with Crippen LogP contribution < -0.4 is 10.1 Å². The van der Waals surface area contributed by atoms with Crippen LogP contribution in [-0.2, 0) is 4.79 Å². The number of ether oxygens (including phenoxy) is 1. The van der Waals surface area contributed by atoms with E-state index in [0.29, 0.717) is 18.2 Å². The maximum absolute atomic E-state index is 11.6. The number of aryl methyl sites for hydroxylation is 2. The molecule has 112 valence electrons. The van der Waals surface area contributed by atoms with Crippen LogP contribution in [0.2, 0.25) is 0 Å². The van der Waals surface area contributed by atoms with Gasteiger partial charge in [0.15, 0.2) is 6.61 Å². The van der Waals surface area contributed by atoms with E-state index in [1.807, 2.05) is 0 Å². The van der Waals surface area contributed by atoms with E-state index in [9.17, 15) is 4.79 Å². The molecule has 0 aliphatic rings. The van der Waals surface area contributed by atoms with E-state index in [1.54, 1.807) is 24.8 Å². The van der Waals surface area contributed by atoms with E-state index in [0.717, 1.165) is 5.75 Å². The van der Waals surface area contributed by atoms with Crippen LogP contribution in [0.25, 0.3) is 0 Å². The van der Waals surface area contributed by atoms with E-state index in [1.165, 1.54) is 10.5 Å². The van der Waals surface area contributed by atoms with E-state index in [4.69, 9.17) is 9.26 Å². The molecule has 0 aliphatic heterocycles. The van der Waals surface area contributed by atoms with Gasteiger partial charge in [-0.25, -0.2) is 0 Å². The molecular formula is C15H18N2O3S. The standard InChI is InChI=1S/C15H18N2O3S/c1-11-3-5-13(6-4-11)21-8-7-16-14(18)10-19-15-9-12(2)20-17-15/h3-6,9H,7-8,10H2,1-2H3,(H,16,18). The van der Waals surface area contributed by atoms with Crippen molar-refractivity contribution in [1.82, 2.24) is 10.5 Å². The van der Waals surface area contributed by atoms with Gasteiger partial charge in [-0.3, -0.25) is 4.79 Å². The lowest BCUT2D eigenvalue weighted by molar-refractivity contribution is -0.123. The number of rotatable bonds is 7. The van der Waals surface area contributed by atoms with Gasteiger partial charge in [0.1, 0.15) is 5.76 Å². The molecule has 0 radical (unpaired) electrons. The van der Waals surface area contributed by atoms with E-state index in [2.05, 4.69) is 41.7 Å². The summed E-state index contributed by atoms with van der Waals surface area (Å²) >= 11 is 1.71. The van der Waals surface area contributed by atoms with Crippen LogP contribution >= 0.6 is 11.8 Å². The highest BCUT2D eigenvalue weighted by molar-refractivity contribution is 7.99. The number of hydrogen-bond donors (Lipinski definition) is 1. The maximum Gasteiger partial charge on any atom is 0.258 e. The fourth-order valence-electron chi connectivity index (χ4n) is 1.60. The second-order valence-corrected chi connectivity index (χ2v) is 5.74. The highest BCUT2D eigenvalue weighted by atomic mass is 32.2. The third-order valence-electron chi connectivity index (χ3n) is 2.67. The van der Waals surface area contributed by atoms with Crippen LogP contribution in [0.1, 0.15) is 11.3 Å². The Morgan fingerprint density at radius 1 is 1.33 bits per heavy atom. The molecule has 1 aromatic heterocycles. The number of thioether (sulfide) groups is 1. The molecule has 1 heterocycles. The van der Waals surface area contributed by atoms with Crippen LogP contribution in [0.5, 0.6) is 5.88 Å². The molecule has 0 aliphatic carbocycles. The van der Waals surface area contributed by atoms with Crippen LogP contribution in [0.3, 0.4) is 0 Å². The number of hydrogen-bond acceptors (Lipinski definition) is 5. The summed E-state index contributed by atoms with van der Waals surface area (Å²) in [5, 5.41) is 6.45. The average Bonchev–Trinajstić information content (AvgIpc) is 2.89. The maximum atomic E-state index is 11.6. The van der Waals surface area contributed by atoms with Crippen LogP contribution in [0, 0.1) is 13.8 Å². The summed E-state index contributed by atoms with van der Waals surface area (Å²) in [4.78, 5) is 12.8. The molecule has 2 rings (SSSR count). The fourth-order valence-corrected chi connectivity index (χ4v) is 2.36. The Morgan fingerprint density at radius 3 is 2.76 bits per heavy atom. The number of amides is 1. The van der Waals surface area contributed by atoms with Crippen molar-refractivity contribution in [2.24, 2.45) is 0 Å². The second kappa shape index (κ2) is 7.73. The van der Waals surface area contributed by atoms with Crippen molar-refractivity contribution in [2.75, 3.05) is 18.9 Å². The summed E-state index contributed by atoms with van der Waals surface area (Å²) in [6.45, 7) is 4.37. The number of nitrogens with one attached hydrogen (secondary N) is 1. The van der Waals surface area contributed by atoms with Gasteiger partial charge in [-0.1, -0.05) is 17.7 Å². The first-order valence-electron chi connectivity index (χ1n) is 6.66. The number of nitrogens with zero attached hydrogens (tertiary/aromatic N) is 1. The average molecular weight is 306 g/mol. The van der Waals surface area contributed by atoms with Gasteiger partial charge in [0, 0.05) is 23.3 Å². The summed E-state index contributed by atoms with van der Waals surface area (Å²) in [5.74, 6) is 1.63. The molecule has 0 saturated carbocycles. The first-order valence-corrected chi connectivity index (χ1v) is 7.64. The molecule has 0 bridgehead atoms. The zero-order valence-electron chi connectivity index (χ0n) is 12.1. The number of aromatic nitrogens is 1. The first kappa shape index (κ1) is 15.4. The smallest absolute Gasteiger partial charge is 0.258 e. The summed E-state index contributed by atoms with van der Waals surface area (Å²) in [5.41, 5.74) is 1.24. The topological polar surface area (TPSA) is 64.4 Å². The Bertz CT molecular complexity index is 581. The largest absolute Gasteiger partial charge is 0.465 e. The van der Waals surface area contributed by atoms with Gasteiger partial charge in [-0.05, 0) is 31.1 Å². The molecule has 1 aromatic carbocycles. The molecule has 1 amide bonds. The summed E-state index contributed by atoms with van der Waals surface area (Å²) < 4.78 is 10.0. The summed E-state index contributed by atoms with van der Waals surface area (Å²) in [6, 6.07) is 9.96. The van der Waals surface area contributed by atoms with Gasteiger partial charge < -0.3 is 14.6 Å². The van der Waals surface area contributed by atoms with Crippen molar-refractivity contribution < 1.29 is 14.1 Å². The van der Waals surface area contributed by atoms with Gasteiger partial charge in [0.2, 0.25) is 0 Å². The molecule has 6 heteroatoms. The Balaban J connectivity index is 1.59. The molecule has 5 nitrogen and oxygen atoms in total. The minimum atomic E-state index is -0.167. The monoisotopic (exact) mass is 306 g/mol. The lowest BCUT2D eigenvalue weighted by atomic mass is 10.2. The predicted molar refractivity (Wildman–Crippen MR) is 81.6 cm³/mol. The van der Waals surface area contributed by atoms with Gasteiger partial charge >= 0.3 is 0 Å². The molecule has 0 atom stereocenters. The Labute approximate surface area is 128 Å². The van der Waals surface area contributed by atoms with Gasteiger partial charge in [0.05, 0.1) is 0 Å². The minimum Gasteiger partial charge on any atom is -0.465 e. The fraction of sp³-hybridized carbons (Fsp3) is 0.333. The molecular weight excluding hydrogens is 288 g/mol. The zero-order chi connectivity index (χ0) is 15.1. The Kier molecular flexibility index (Phi) is 5.68. The highest BCUT2D eigenvalue weighted by Gasteiger charge is 2.05. The van der Waals surface area contributed by atoms with Crippen molar-refractivity contribution in [3.63, 3.8) is 0 Å². The first-order chi connectivity index (χ1) is 10.1. The zero-order valence-corrected chi connectivity index (χ0v) is 12.9. The van der Waals surface area contributed by atoms with Crippen molar-refractivity contribution in [3.8, 4) is 5.88 Å². The van der Waals surface area contributed by atoms with Gasteiger partial charge in [0.25, 0.3) is 11.8 Å². The molecule has 0 unspecified atom stereocenters. The third-order valence-corrected chi connectivity index (χ3v) is 3.69. The predicted octanol–water partition coefficient (Wildman–Crippen LogP) is 2.58. The molecule has 0 fully saturated rings. The molecule has 0 spiro atoms. The SMILES string of the molecule is Cc1ccc(SCCNC(=O)COc2cc(C)on2)cc1. The molecule has 1 N–H and O–H groups in total. The van der Waals surface area contributed by atoms with E-state index >= 15 is 0 Å². The molecule has 21 heavy (non-hydrogen) atoms. The number of carbonyl (C=O) groups is 1. The summed E-state index contributed by atoms with van der Waals surface area (Å²) in [7, 11) is 0. The molecule has 0 saturated heterocycles. The molecule has 2 aromatic rings. The van der Waals surface area contributed by atoms with Crippen LogP contribution in [-0.4, -0.2) is 30.0 Å². The van der Waals surface area contributed by atoms with Crippen molar-refractivity contribution in [1.29, 1.82) is 0 Å². The van der Waals surface area contributed by atoms with E-state index < -0.39 is 0 Å². The second-order valence-electron chi connectivity index (χ2n) is 4.58. The summed E-state index contributed by atoms with van der Waals surface area (Å²) in [6.07, 6.45) is 0. The minimum absolute atomic E-state index is 0.0544.